The molecule has 4 N–H and O–H groups in total. The fourth-order valence-electron chi connectivity index (χ4n) is 4.86. The molecule has 1 saturated carbocycles. The van der Waals surface area contributed by atoms with Crippen LogP contribution in [0.25, 0.3) is 0 Å². The van der Waals surface area contributed by atoms with Crippen LogP contribution in [0.3, 0.4) is 0 Å². The maximum atomic E-state index is 13.4. The van der Waals surface area contributed by atoms with Crippen LogP contribution in [0.5, 0.6) is 5.75 Å². The van der Waals surface area contributed by atoms with Gasteiger partial charge in [-0.25, -0.2) is 17.9 Å². The molecular formula is C25H30N4O8S. The molecule has 12 nitrogen and oxygen atoms in total. The van der Waals surface area contributed by atoms with Crippen molar-refractivity contribution in [2.45, 2.75) is 62.6 Å². The van der Waals surface area contributed by atoms with E-state index < -0.39 is 56.3 Å². The molecule has 0 spiro atoms. The highest BCUT2D eigenvalue weighted by Gasteiger charge is 2.40. The average Bonchev–Trinajstić information content (AvgIpc) is 2.87. The number of rotatable bonds is 8. The van der Waals surface area contributed by atoms with Crippen molar-refractivity contribution in [3.63, 3.8) is 0 Å². The van der Waals surface area contributed by atoms with Crippen molar-refractivity contribution in [1.29, 1.82) is 0 Å². The summed E-state index contributed by atoms with van der Waals surface area (Å²) in [7, 11) is -3.90. The molecule has 1 aromatic carbocycles. The first-order valence-corrected chi connectivity index (χ1v) is 13.9. The summed E-state index contributed by atoms with van der Waals surface area (Å²) in [5, 5.41) is 22.7. The topological polar surface area (TPSA) is 175 Å². The van der Waals surface area contributed by atoms with Gasteiger partial charge in [0.05, 0.1) is 11.4 Å². The zero-order valence-corrected chi connectivity index (χ0v) is 21.7. The van der Waals surface area contributed by atoms with Crippen LogP contribution < -0.4 is 15.5 Å². The lowest BCUT2D eigenvalue weighted by Gasteiger charge is -2.38. The number of sulfonamides is 1. The minimum absolute atomic E-state index is 0.0374. The lowest BCUT2D eigenvalue weighted by molar-refractivity contribution is -0.127. The monoisotopic (exact) mass is 546 g/mol. The van der Waals surface area contributed by atoms with Crippen molar-refractivity contribution in [3.8, 4) is 5.75 Å². The number of fused-ring (bicyclic) bond motifs is 1. The molecule has 0 radical (unpaired) electrons. The molecule has 2 heterocycles. The van der Waals surface area contributed by atoms with Crippen molar-refractivity contribution in [2.75, 3.05) is 13.1 Å². The maximum absolute atomic E-state index is 13.4. The number of aryl methyl sites for hydroxylation is 1. The number of benzene rings is 1. The molecule has 2 aromatic rings. The van der Waals surface area contributed by atoms with Gasteiger partial charge in [0, 0.05) is 25.3 Å². The number of amides is 2. The van der Waals surface area contributed by atoms with Gasteiger partial charge in [-0.2, -0.15) is 0 Å². The van der Waals surface area contributed by atoms with Crippen LogP contribution in [-0.4, -0.2) is 71.1 Å². The van der Waals surface area contributed by atoms with Gasteiger partial charge in [-0.1, -0.05) is 37.0 Å². The Balaban J connectivity index is 1.61. The summed E-state index contributed by atoms with van der Waals surface area (Å²) in [5.74, 6) is -3.98. The van der Waals surface area contributed by atoms with Gasteiger partial charge in [-0.3, -0.25) is 14.4 Å². The first kappa shape index (κ1) is 27.3. The van der Waals surface area contributed by atoms with Gasteiger partial charge in [-0.15, -0.1) is 0 Å². The van der Waals surface area contributed by atoms with E-state index in [9.17, 15) is 37.8 Å². The Bertz CT molecular complexity index is 1410. The average molecular weight is 547 g/mol. The van der Waals surface area contributed by atoms with E-state index >= 15 is 0 Å². The lowest BCUT2D eigenvalue weighted by Crippen LogP contribution is -2.58. The summed E-state index contributed by atoms with van der Waals surface area (Å²) in [6, 6.07) is 5.00. The van der Waals surface area contributed by atoms with Crippen LogP contribution in [0.1, 0.15) is 58.5 Å². The summed E-state index contributed by atoms with van der Waals surface area (Å²) in [4.78, 5) is 51.7. The first-order chi connectivity index (χ1) is 18.0. The van der Waals surface area contributed by atoms with Gasteiger partial charge in [0.1, 0.15) is 11.6 Å². The van der Waals surface area contributed by atoms with Crippen molar-refractivity contribution in [2.24, 2.45) is 0 Å². The molecule has 13 heteroatoms. The number of nitrogens with zero attached hydrogens (tertiary/aromatic N) is 2. The third-order valence-electron chi connectivity index (χ3n) is 6.93. The van der Waals surface area contributed by atoms with Crippen LogP contribution >= 0.6 is 0 Å². The predicted octanol–water partition coefficient (Wildman–Crippen LogP) is 0.812. The van der Waals surface area contributed by atoms with Crippen molar-refractivity contribution < 1.29 is 33.0 Å². The Morgan fingerprint density at radius 2 is 1.74 bits per heavy atom. The van der Waals surface area contributed by atoms with E-state index in [0.29, 0.717) is 0 Å². The van der Waals surface area contributed by atoms with E-state index in [-0.39, 0.29) is 30.6 Å². The molecule has 0 bridgehead atoms. The number of carbonyl (C=O) groups excluding carboxylic acids is 2. The Kier molecular flexibility index (Phi) is 7.88. The van der Waals surface area contributed by atoms with Gasteiger partial charge in [-0.05, 0) is 31.9 Å². The quantitative estimate of drug-likeness (QED) is 0.376. The summed E-state index contributed by atoms with van der Waals surface area (Å²) in [5.41, 5.74) is -1.52. The largest absolute Gasteiger partial charge is 0.503 e. The highest BCUT2D eigenvalue weighted by atomic mass is 32.2. The number of hydrogen-bond acceptors (Lipinski definition) is 7. The third kappa shape index (κ3) is 5.58. The van der Waals surface area contributed by atoms with Gasteiger partial charge >= 0.3 is 5.97 Å². The fraction of sp³-hybridized carbons (Fsp3) is 0.440. The Morgan fingerprint density at radius 3 is 2.37 bits per heavy atom. The number of hydrogen-bond donors (Lipinski definition) is 4. The summed E-state index contributed by atoms with van der Waals surface area (Å²) >= 11 is 0. The number of aromatic hydroxyl groups is 1. The molecule has 1 aromatic heterocycles. The van der Waals surface area contributed by atoms with Crippen molar-refractivity contribution in [3.05, 3.63) is 57.5 Å². The normalized spacial score (nSPS) is 18.2. The van der Waals surface area contributed by atoms with E-state index in [0.717, 1.165) is 53.3 Å². The van der Waals surface area contributed by atoms with Crippen molar-refractivity contribution >= 4 is 27.8 Å². The van der Waals surface area contributed by atoms with Crippen LogP contribution in [0.15, 0.2) is 40.2 Å². The molecule has 1 atom stereocenters. The third-order valence-corrected chi connectivity index (χ3v) is 8.40. The van der Waals surface area contributed by atoms with E-state index in [4.69, 9.17) is 0 Å². The molecule has 38 heavy (non-hydrogen) atoms. The Hall–Kier alpha value is -3.71. The van der Waals surface area contributed by atoms with Gasteiger partial charge in [0.25, 0.3) is 5.91 Å². The SMILES string of the molecule is Cc1ccc(S(=O)(=O)NCCN2C(=O)c3c(O)c(=O)c(C(=O)O)cn3CC2C(=O)NC2CCCCC2)cc1. The molecule has 0 saturated heterocycles. The number of aromatic nitrogens is 1. The predicted molar refractivity (Wildman–Crippen MR) is 136 cm³/mol. The molecule has 4 rings (SSSR count). The van der Waals surface area contributed by atoms with Gasteiger partial charge in [0.15, 0.2) is 11.4 Å². The number of aromatic carboxylic acids is 1. The zero-order chi connectivity index (χ0) is 27.6. The van der Waals surface area contributed by atoms with Crippen LogP contribution in [0, 0.1) is 6.92 Å². The second-order valence-corrected chi connectivity index (χ2v) is 11.4. The summed E-state index contributed by atoms with van der Waals surface area (Å²) < 4.78 is 28.9. The molecule has 1 aliphatic carbocycles. The molecule has 1 fully saturated rings. The van der Waals surface area contributed by atoms with E-state index in [2.05, 4.69) is 10.0 Å². The second kappa shape index (κ2) is 11.0. The molecule has 1 unspecified atom stereocenters. The number of nitrogens with one attached hydrogen (secondary N) is 2. The number of carbonyl (C=O) groups is 3. The van der Waals surface area contributed by atoms with Crippen LogP contribution in [-0.2, 0) is 21.4 Å². The van der Waals surface area contributed by atoms with Gasteiger partial charge in [0.2, 0.25) is 21.4 Å². The minimum atomic E-state index is -3.90. The number of carboxylic acid groups (broad SMARTS) is 1. The first-order valence-electron chi connectivity index (χ1n) is 12.4. The van der Waals surface area contributed by atoms with Gasteiger partial charge < -0.3 is 25.0 Å². The van der Waals surface area contributed by atoms with E-state index in [1.165, 1.54) is 12.1 Å². The maximum Gasteiger partial charge on any atom is 0.341 e. The smallest absolute Gasteiger partial charge is 0.341 e. The Labute approximate surface area is 219 Å². The molecule has 2 aliphatic rings. The summed E-state index contributed by atoms with van der Waals surface area (Å²) in [6.07, 6.45) is 5.50. The summed E-state index contributed by atoms with van der Waals surface area (Å²) in [6.45, 7) is 1.12. The highest BCUT2D eigenvalue weighted by Crippen LogP contribution is 2.25. The Morgan fingerprint density at radius 1 is 1.08 bits per heavy atom. The van der Waals surface area contributed by atoms with Crippen LogP contribution in [0.2, 0.25) is 0 Å². The van der Waals surface area contributed by atoms with E-state index in [1.807, 2.05) is 6.92 Å². The number of carboxylic acids is 1. The minimum Gasteiger partial charge on any atom is -0.503 e. The molecule has 1 aliphatic heterocycles. The number of pyridine rings is 1. The van der Waals surface area contributed by atoms with Crippen molar-refractivity contribution in [1.82, 2.24) is 19.5 Å². The highest BCUT2D eigenvalue weighted by molar-refractivity contribution is 7.89. The second-order valence-electron chi connectivity index (χ2n) is 9.60. The zero-order valence-electron chi connectivity index (χ0n) is 20.8. The van der Waals surface area contributed by atoms with E-state index in [1.54, 1.807) is 12.1 Å². The molecule has 204 valence electrons. The fourth-order valence-corrected chi connectivity index (χ4v) is 5.88. The standard InChI is InChI=1S/C25H30N4O8S/c1-15-7-9-17(10-8-15)38(36,37)26-11-12-29-19(23(32)27-16-5-3-2-4-6-16)14-28-13-18(25(34)35)21(30)22(31)20(28)24(29)33/h7-10,13,16,19,26,31H,2-6,11-12,14H2,1H3,(H,27,32)(H,34,35). The van der Waals surface area contributed by atoms with Crippen LogP contribution in [0.4, 0.5) is 0 Å². The lowest BCUT2D eigenvalue weighted by atomic mass is 9.95. The molecular weight excluding hydrogens is 516 g/mol. The molecule has 2 amide bonds.